The van der Waals surface area contributed by atoms with Gasteiger partial charge in [0.25, 0.3) is 0 Å². The molecule has 16 heavy (non-hydrogen) atoms. The van der Waals surface area contributed by atoms with Crippen molar-refractivity contribution in [2.45, 2.75) is 20.3 Å². The molecule has 1 aromatic heterocycles. The van der Waals surface area contributed by atoms with Crippen LogP contribution < -0.4 is 0 Å². The van der Waals surface area contributed by atoms with E-state index < -0.39 is 0 Å². The number of esters is 1. The SMILES string of the molecule is CCOC(=O)Cc1nc2c(C)cccc2s1. The molecule has 0 aliphatic heterocycles. The maximum Gasteiger partial charge on any atom is 0.312 e. The summed E-state index contributed by atoms with van der Waals surface area (Å²) in [6, 6.07) is 6.05. The molecule has 84 valence electrons. The molecule has 1 heterocycles. The third kappa shape index (κ3) is 2.22. The van der Waals surface area contributed by atoms with E-state index in [2.05, 4.69) is 4.98 Å². The van der Waals surface area contributed by atoms with Gasteiger partial charge in [0.05, 0.1) is 23.2 Å². The molecular formula is C12H13NO2S. The predicted molar refractivity (Wildman–Crippen MR) is 64.7 cm³/mol. The van der Waals surface area contributed by atoms with Crippen LogP contribution >= 0.6 is 11.3 Å². The quantitative estimate of drug-likeness (QED) is 0.768. The summed E-state index contributed by atoms with van der Waals surface area (Å²) in [5.41, 5.74) is 2.13. The zero-order valence-electron chi connectivity index (χ0n) is 9.32. The highest BCUT2D eigenvalue weighted by Crippen LogP contribution is 2.24. The fourth-order valence-corrected chi connectivity index (χ4v) is 2.57. The number of carbonyl (C=O) groups excluding carboxylic acids is 1. The molecule has 0 unspecified atom stereocenters. The van der Waals surface area contributed by atoms with Crippen molar-refractivity contribution in [1.29, 1.82) is 0 Å². The van der Waals surface area contributed by atoms with E-state index in [-0.39, 0.29) is 12.4 Å². The molecular weight excluding hydrogens is 222 g/mol. The van der Waals surface area contributed by atoms with Crippen LogP contribution in [0.3, 0.4) is 0 Å². The van der Waals surface area contributed by atoms with E-state index in [4.69, 9.17) is 4.74 Å². The Hall–Kier alpha value is -1.42. The van der Waals surface area contributed by atoms with E-state index in [0.29, 0.717) is 6.61 Å². The Balaban J connectivity index is 2.26. The van der Waals surface area contributed by atoms with Crippen molar-refractivity contribution < 1.29 is 9.53 Å². The summed E-state index contributed by atoms with van der Waals surface area (Å²) in [6.07, 6.45) is 0.270. The number of carbonyl (C=O) groups is 1. The highest BCUT2D eigenvalue weighted by Gasteiger charge is 2.10. The number of fused-ring (bicyclic) bond motifs is 1. The molecule has 1 aromatic carbocycles. The van der Waals surface area contributed by atoms with Gasteiger partial charge in [0.2, 0.25) is 0 Å². The second kappa shape index (κ2) is 4.61. The normalized spacial score (nSPS) is 10.6. The van der Waals surface area contributed by atoms with Gasteiger partial charge in [0, 0.05) is 0 Å². The van der Waals surface area contributed by atoms with Gasteiger partial charge in [-0.1, -0.05) is 12.1 Å². The fraction of sp³-hybridized carbons (Fsp3) is 0.333. The van der Waals surface area contributed by atoms with Crippen molar-refractivity contribution in [2.75, 3.05) is 6.61 Å². The molecule has 0 radical (unpaired) electrons. The number of aryl methyl sites for hydroxylation is 1. The van der Waals surface area contributed by atoms with E-state index in [9.17, 15) is 4.79 Å². The van der Waals surface area contributed by atoms with Gasteiger partial charge in [0.15, 0.2) is 0 Å². The number of ether oxygens (including phenoxy) is 1. The standard InChI is InChI=1S/C12H13NO2S/c1-3-15-11(14)7-10-13-12-8(2)5-4-6-9(12)16-10/h4-6H,3,7H2,1-2H3. The van der Waals surface area contributed by atoms with Gasteiger partial charge in [-0.3, -0.25) is 4.79 Å². The maximum atomic E-state index is 11.3. The number of thiazole rings is 1. The second-order valence-electron chi connectivity index (χ2n) is 3.51. The molecule has 3 nitrogen and oxygen atoms in total. The maximum absolute atomic E-state index is 11.3. The van der Waals surface area contributed by atoms with Gasteiger partial charge >= 0.3 is 5.97 Å². The summed E-state index contributed by atoms with van der Waals surface area (Å²) in [5.74, 6) is -0.209. The summed E-state index contributed by atoms with van der Waals surface area (Å²) in [5, 5.41) is 0.822. The molecule has 0 saturated carbocycles. The Morgan fingerprint density at radius 1 is 1.50 bits per heavy atom. The van der Waals surface area contributed by atoms with E-state index in [0.717, 1.165) is 20.8 Å². The van der Waals surface area contributed by atoms with Crippen molar-refractivity contribution in [3.8, 4) is 0 Å². The van der Waals surface area contributed by atoms with Crippen molar-refractivity contribution in [3.05, 3.63) is 28.8 Å². The first-order valence-corrected chi connectivity index (χ1v) is 6.03. The van der Waals surface area contributed by atoms with E-state index in [1.165, 1.54) is 0 Å². The molecule has 4 heteroatoms. The second-order valence-corrected chi connectivity index (χ2v) is 4.63. The summed E-state index contributed by atoms with van der Waals surface area (Å²) in [4.78, 5) is 15.8. The topological polar surface area (TPSA) is 39.2 Å². The minimum atomic E-state index is -0.209. The third-order valence-electron chi connectivity index (χ3n) is 2.27. The van der Waals surface area contributed by atoms with Crippen molar-refractivity contribution in [3.63, 3.8) is 0 Å². The predicted octanol–water partition coefficient (Wildman–Crippen LogP) is 2.71. The van der Waals surface area contributed by atoms with E-state index in [1.807, 2.05) is 25.1 Å². The molecule has 0 atom stereocenters. The van der Waals surface area contributed by atoms with Gasteiger partial charge in [-0.25, -0.2) is 4.98 Å². The van der Waals surface area contributed by atoms with Crippen LogP contribution in [-0.2, 0) is 16.0 Å². The average molecular weight is 235 g/mol. The number of nitrogens with zero attached hydrogens (tertiary/aromatic N) is 1. The van der Waals surface area contributed by atoms with Crippen LogP contribution in [0.2, 0.25) is 0 Å². The molecule has 0 spiro atoms. The Kier molecular flexibility index (Phi) is 3.19. The molecule has 0 aliphatic rings. The highest BCUT2D eigenvalue weighted by atomic mass is 32.1. The molecule has 0 fully saturated rings. The lowest BCUT2D eigenvalue weighted by Gasteiger charge is -1.97. The lowest BCUT2D eigenvalue weighted by molar-refractivity contribution is -0.142. The van der Waals surface area contributed by atoms with Crippen LogP contribution in [0.4, 0.5) is 0 Å². The summed E-state index contributed by atoms with van der Waals surface area (Å²) in [7, 11) is 0. The first-order valence-electron chi connectivity index (χ1n) is 5.21. The van der Waals surface area contributed by atoms with E-state index in [1.54, 1.807) is 18.3 Å². The highest BCUT2D eigenvalue weighted by molar-refractivity contribution is 7.18. The summed E-state index contributed by atoms with van der Waals surface area (Å²) >= 11 is 1.55. The molecule has 2 aromatic rings. The minimum absolute atomic E-state index is 0.209. The summed E-state index contributed by atoms with van der Waals surface area (Å²) < 4.78 is 6.02. The molecule has 0 aliphatic carbocycles. The minimum Gasteiger partial charge on any atom is -0.466 e. The fourth-order valence-electron chi connectivity index (χ4n) is 1.54. The first-order chi connectivity index (χ1) is 7.70. The molecule has 2 rings (SSSR count). The Labute approximate surface area is 98.1 Å². The monoisotopic (exact) mass is 235 g/mol. The van der Waals surface area contributed by atoms with Crippen molar-refractivity contribution >= 4 is 27.5 Å². The lowest BCUT2D eigenvalue weighted by Crippen LogP contribution is -2.06. The number of para-hydroxylation sites is 1. The van der Waals surface area contributed by atoms with Crippen LogP contribution in [0.15, 0.2) is 18.2 Å². The number of benzene rings is 1. The largest absolute Gasteiger partial charge is 0.466 e. The summed E-state index contributed by atoms with van der Waals surface area (Å²) in [6.45, 7) is 4.25. The van der Waals surface area contributed by atoms with Crippen LogP contribution in [0.1, 0.15) is 17.5 Å². The Morgan fingerprint density at radius 3 is 3.00 bits per heavy atom. The number of aromatic nitrogens is 1. The van der Waals surface area contributed by atoms with Crippen LogP contribution in [0.25, 0.3) is 10.2 Å². The van der Waals surface area contributed by atoms with E-state index >= 15 is 0 Å². The molecule has 0 saturated heterocycles. The van der Waals surface area contributed by atoms with Crippen molar-refractivity contribution in [1.82, 2.24) is 4.98 Å². The smallest absolute Gasteiger partial charge is 0.312 e. The van der Waals surface area contributed by atoms with Gasteiger partial charge in [-0.05, 0) is 25.5 Å². The van der Waals surface area contributed by atoms with Crippen LogP contribution in [0, 0.1) is 6.92 Å². The molecule has 0 N–H and O–H groups in total. The zero-order valence-corrected chi connectivity index (χ0v) is 10.1. The van der Waals surface area contributed by atoms with Gasteiger partial charge < -0.3 is 4.74 Å². The zero-order chi connectivity index (χ0) is 11.5. The van der Waals surface area contributed by atoms with Crippen molar-refractivity contribution in [2.24, 2.45) is 0 Å². The van der Waals surface area contributed by atoms with Crippen LogP contribution in [0.5, 0.6) is 0 Å². The Bertz CT molecular complexity index is 519. The lowest BCUT2D eigenvalue weighted by atomic mass is 10.2. The molecule has 0 amide bonds. The number of rotatable bonds is 3. The molecule has 0 bridgehead atoms. The third-order valence-corrected chi connectivity index (χ3v) is 3.29. The Morgan fingerprint density at radius 2 is 2.31 bits per heavy atom. The first kappa shape index (κ1) is 11.1. The van der Waals surface area contributed by atoms with Crippen LogP contribution in [-0.4, -0.2) is 17.6 Å². The van der Waals surface area contributed by atoms with Gasteiger partial charge in [-0.2, -0.15) is 0 Å². The number of hydrogen-bond acceptors (Lipinski definition) is 4. The number of hydrogen-bond donors (Lipinski definition) is 0. The average Bonchev–Trinajstić information content (AvgIpc) is 2.62. The van der Waals surface area contributed by atoms with Gasteiger partial charge in [-0.15, -0.1) is 11.3 Å². The van der Waals surface area contributed by atoms with Gasteiger partial charge in [0.1, 0.15) is 5.01 Å².